The Balaban J connectivity index is 2.15. The molecule has 2 rings (SSSR count). The fourth-order valence-corrected chi connectivity index (χ4v) is 3.38. The maximum Gasteiger partial charge on any atom is 0.0991 e. The van der Waals surface area contributed by atoms with Crippen LogP contribution in [0.4, 0.5) is 0 Å². The first-order valence-corrected chi connectivity index (χ1v) is 7.59. The van der Waals surface area contributed by atoms with Crippen LogP contribution in [0.15, 0.2) is 22.8 Å². The van der Waals surface area contributed by atoms with Crippen LogP contribution < -0.4 is 4.72 Å². The summed E-state index contributed by atoms with van der Waals surface area (Å²) in [6.07, 6.45) is 5.86. The van der Waals surface area contributed by atoms with Gasteiger partial charge < -0.3 is 0 Å². The van der Waals surface area contributed by atoms with E-state index in [1.165, 1.54) is 11.1 Å². The zero-order valence-electron chi connectivity index (χ0n) is 11.2. The quantitative estimate of drug-likeness (QED) is 0.833. The second-order valence-electron chi connectivity index (χ2n) is 5.86. The van der Waals surface area contributed by atoms with E-state index in [9.17, 15) is 4.21 Å². The van der Waals surface area contributed by atoms with E-state index in [4.69, 9.17) is 5.26 Å². The van der Waals surface area contributed by atoms with E-state index in [0.29, 0.717) is 0 Å². The van der Waals surface area contributed by atoms with E-state index in [1.807, 2.05) is 26.8 Å². The Kier molecular flexibility index (Phi) is 3.74. The Labute approximate surface area is 112 Å². The van der Waals surface area contributed by atoms with Gasteiger partial charge >= 0.3 is 0 Å². The summed E-state index contributed by atoms with van der Waals surface area (Å²) >= 11 is 0. The molecule has 2 aliphatic rings. The highest BCUT2D eigenvalue weighted by atomic mass is 32.2. The lowest BCUT2D eigenvalue weighted by molar-refractivity contribution is 0.604. The molecule has 0 aromatic rings. The molecule has 0 saturated carbocycles. The molecule has 1 unspecified atom stereocenters. The molecule has 1 N–H and O–H groups in total. The van der Waals surface area contributed by atoms with Gasteiger partial charge in [0.2, 0.25) is 0 Å². The third kappa shape index (κ3) is 2.57. The minimum atomic E-state index is -1.04. The number of nitriles is 1. The van der Waals surface area contributed by atoms with Gasteiger partial charge in [-0.15, -0.1) is 0 Å². The summed E-state index contributed by atoms with van der Waals surface area (Å²) in [6, 6.07) is 2.47. The molecule has 4 heteroatoms. The molecule has 0 amide bonds. The van der Waals surface area contributed by atoms with E-state index >= 15 is 0 Å². The third-order valence-corrected chi connectivity index (χ3v) is 5.12. The molecule has 0 heterocycles. The van der Waals surface area contributed by atoms with E-state index in [2.05, 4.69) is 10.8 Å². The Hall–Kier alpha value is -0.920. The van der Waals surface area contributed by atoms with E-state index in [1.54, 1.807) is 0 Å². The lowest BCUT2D eigenvalue weighted by atomic mass is 9.93. The number of hydrogen-bond donors (Lipinski definition) is 1. The Bertz CT molecular complexity index is 477. The number of nitrogens with zero attached hydrogens (tertiary/aromatic N) is 1. The number of rotatable bonds is 2. The van der Waals surface area contributed by atoms with Crippen molar-refractivity contribution in [3.05, 3.63) is 22.8 Å². The van der Waals surface area contributed by atoms with Gasteiger partial charge in [0, 0.05) is 6.04 Å². The van der Waals surface area contributed by atoms with Gasteiger partial charge in [-0.1, -0.05) is 6.08 Å². The average Bonchev–Trinajstić information content (AvgIpc) is 2.71. The van der Waals surface area contributed by atoms with Crippen molar-refractivity contribution >= 4 is 11.0 Å². The summed E-state index contributed by atoms with van der Waals surface area (Å²) in [7, 11) is -1.04. The second kappa shape index (κ2) is 4.99. The summed E-state index contributed by atoms with van der Waals surface area (Å²) in [5.41, 5.74) is 3.35. The topological polar surface area (TPSA) is 52.9 Å². The van der Waals surface area contributed by atoms with Crippen LogP contribution in [0, 0.1) is 11.3 Å². The van der Waals surface area contributed by atoms with Gasteiger partial charge in [0.05, 0.1) is 27.4 Å². The van der Waals surface area contributed by atoms with E-state index in [0.717, 1.165) is 31.3 Å². The van der Waals surface area contributed by atoms with E-state index in [-0.39, 0.29) is 10.8 Å². The van der Waals surface area contributed by atoms with Crippen molar-refractivity contribution in [1.82, 2.24) is 4.72 Å². The molecule has 0 spiro atoms. The molecule has 0 aromatic carbocycles. The maximum atomic E-state index is 12.1. The van der Waals surface area contributed by atoms with Crippen molar-refractivity contribution in [3.8, 4) is 6.07 Å². The highest BCUT2D eigenvalue weighted by Crippen LogP contribution is 2.37. The van der Waals surface area contributed by atoms with Crippen molar-refractivity contribution in [2.45, 2.75) is 57.2 Å². The van der Waals surface area contributed by atoms with E-state index < -0.39 is 11.0 Å². The molecule has 0 aromatic heterocycles. The maximum absolute atomic E-state index is 12.1. The summed E-state index contributed by atoms with van der Waals surface area (Å²) in [5.74, 6) is 0. The van der Waals surface area contributed by atoms with Gasteiger partial charge in [-0.3, -0.25) is 0 Å². The van der Waals surface area contributed by atoms with Crippen LogP contribution in [-0.4, -0.2) is 15.0 Å². The molecule has 0 saturated heterocycles. The Morgan fingerprint density at radius 3 is 2.78 bits per heavy atom. The molecule has 2 aliphatic carbocycles. The van der Waals surface area contributed by atoms with Crippen LogP contribution in [0.2, 0.25) is 0 Å². The van der Waals surface area contributed by atoms with Crippen molar-refractivity contribution in [1.29, 1.82) is 5.26 Å². The Morgan fingerprint density at radius 2 is 2.17 bits per heavy atom. The van der Waals surface area contributed by atoms with Crippen molar-refractivity contribution in [2.75, 3.05) is 0 Å². The van der Waals surface area contributed by atoms with Crippen molar-refractivity contribution < 1.29 is 4.21 Å². The number of allylic oxidation sites excluding steroid dienone is 3. The normalized spacial score (nSPS) is 25.4. The standard InChI is InChI=1S/C14H20N2OS/c1-14(2,3)18(17)16-13-8-7-11-10(9-15)5-4-6-12(11)13/h5,13,16H,4,6-8H2,1-3H3/t13-,18?/m1/s1. The minimum absolute atomic E-state index is 0.192. The fraction of sp³-hybridized carbons (Fsp3) is 0.643. The molecule has 2 atom stereocenters. The number of hydrogen-bond acceptors (Lipinski definition) is 2. The van der Waals surface area contributed by atoms with Crippen molar-refractivity contribution in [2.24, 2.45) is 0 Å². The first-order chi connectivity index (χ1) is 8.43. The average molecular weight is 264 g/mol. The summed E-state index contributed by atoms with van der Waals surface area (Å²) in [5, 5.41) is 9.10. The number of nitrogens with one attached hydrogen (secondary N) is 1. The largest absolute Gasteiger partial charge is 0.242 e. The van der Waals surface area contributed by atoms with Gasteiger partial charge in [0.1, 0.15) is 0 Å². The monoisotopic (exact) mass is 264 g/mol. The molecular weight excluding hydrogens is 244 g/mol. The summed E-state index contributed by atoms with van der Waals surface area (Å²) in [6.45, 7) is 5.92. The molecule has 0 radical (unpaired) electrons. The molecule has 3 nitrogen and oxygen atoms in total. The van der Waals surface area contributed by atoms with Crippen LogP contribution in [0.5, 0.6) is 0 Å². The minimum Gasteiger partial charge on any atom is -0.242 e. The van der Waals surface area contributed by atoms with Crippen LogP contribution in [0.3, 0.4) is 0 Å². The first kappa shape index (κ1) is 13.5. The van der Waals surface area contributed by atoms with Gasteiger partial charge in [0.15, 0.2) is 0 Å². The van der Waals surface area contributed by atoms with Crippen LogP contribution in [-0.2, 0) is 11.0 Å². The molecule has 0 aliphatic heterocycles. The Morgan fingerprint density at radius 1 is 1.44 bits per heavy atom. The lowest BCUT2D eigenvalue weighted by Crippen LogP contribution is -2.39. The predicted octanol–water partition coefficient (Wildman–Crippen LogP) is 2.74. The molecule has 98 valence electrons. The summed E-state index contributed by atoms with van der Waals surface area (Å²) in [4.78, 5) is 0. The smallest absolute Gasteiger partial charge is 0.0991 e. The van der Waals surface area contributed by atoms with Gasteiger partial charge in [-0.2, -0.15) is 5.26 Å². The van der Waals surface area contributed by atoms with Gasteiger partial charge in [-0.05, 0) is 57.6 Å². The zero-order valence-corrected chi connectivity index (χ0v) is 12.1. The summed E-state index contributed by atoms with van der Waals surface area (Å²) < 4.78 is 15.1. The fourth-order valence-electron chi connectivity index (χ4n) is 2.51. The highest BCUT2D eigenvalue weighted by molar-refractivity contribution is 7.84. The zero-order chi connectivity index (χ0) is 13.3. The SMILES string of the molecule is CC(C)(C)S(=O)N[C@@H]1CCC2=C1CCC=C2C#N. The van der Waals surface area contributed by atoms with Crippen molar-refractivity contribution in [3.63, 3.8) is 0 Å². The molecule has 18 heavy (non-hydrogen) atoms. The molecular formula is C14H20N2OS. The van der Waals surface area contributed by atoms with Crippen LogP contribution >= 0.6 is 0 Å². The molecule has 0 bridgehead atoms. The third-order valence-electron chi connectivity index (χ3n) is 3.50. The highest BCUT2D eigenvalue weighted by Gasteiger charge is 2.32. The van der Waals surface area contributed by atoms with Crippen LogP contribution in [0.25, 0.3) is 0 Å². The predicted molar refractivity (Wildman–Crippen MR) is 74.0 cm³/mol. The second-order valence-corrected chi connectivity index (χ2v) is 7.86. The lowest BCUT2D eigenvalue weighted by Gasteiger charge is -2.24. The first-order valence-electron chi connectivity index (χ1n) is 6.44. The van der Waals surface area contributed by atoms with Gasteiger partial charge in [0.25, 0.3) is 0 Å². The van der Waals surface area contributed by atoms with Crippen LogP contribution in [0.1, 0.15) is 46.5 Å². The van der Waals surface area contributed by atoms with Gasteiger partial charge in [-0.25, -0.2) is 8.93 Å². The molecule has 0 fully saturated rings.